The number of carbonyl (C=O) groups is 2. The topological polar surface area (TPSA) is 95.9 Å². The molecule has 6 heteroatoms. The molecule has 1 amide bonds. The van der Waals surface area contributed by atoms with Crippen LogP contribution in [0.4, 0.5) is 0 Å². The summed E-state index contributed by atoms with van der Waals surface area (Å²) in [5.41, 5.74) is 0. The van der Waals surface area contributed by atoms with Crippen LogP contribution in [0.15, 0.2) is 12.2 Å². The highest BCUT2D eigenvalue weighted by Crippen LogP contribution is 2.17. The van der Waals surface area contributed by atoms with E-state index in [4.69, 9.17) is 4.74 Å². The highest BCUT2D eigenvalue weighted by Gasteiger charge is 2.20. The number of amides is 1. The van der Waals surface area contributed by atoms with Crippen molar-refractivity contribution in [2.45, 2.75) is 334 Å². The van der Waals surface area contributed by atoms with Crippen LogP contribution < -0.4 is 5.32 Å². The zero-order valence-corrected chi connectivity index (χ0v) is 43.3. The highest BCUT2D eigenvalue weighted by atomic mass is 16.5. The molecule has 0 aliphatic carbocycles. The van der Waals surface area contributed by atoms with E-state index in [-0.39, 0.29) is 18.5 Å². The van der Waals surface area contributed by atoms with Gasteiger partial charge in [0.15, 0.2) is 0 Å². The molecule has 3 N–H and O–H groups in total. The van der Waals surface area contributed by atoms with Gasteiger partial charge in [-0.1, -0.05) is 270 Å². The minimum atomic E-state index is -0.660. The molecule has 0 rings (SSSR count). The molecule has 2 atom stereocenters. The van der Waals surface area contributed by atoms with Gasteiger partial charge >= 0.3 is 5.97 Å². The lowest BCUT2D eigenvalue weighted by Crippen LogP contribution is -2.45. The van der Waals surface area contributed by atoms with Gasteiger partial charge in [0, 0.05) is 12.8 Å². The van der Waals surface area contributed by atoms with Gasteiger partial charge in [-0.3, -0.25) is 9.59 Å². The molecule has 6 nitrogen and oxygen atoms in total. The minimum Gasteiger partial charge on any atom is -0.466 e. The number of ether oxygens (including phenoxy) is 1. The second-order valence-electron chi connectivity index (χ2n) is 20.0. The summed E-state index contributed by atoms with van der Waals surface area (Å²) < 4.78 is 5.48. The fourth-order valence-corrected chi connectivity index (χ4v) is 9.11. The zero-order valence-electron chi connectivity index (χ0n) is 43.3. The summed E-state index contributed by atoms with van der Waals surface area (Å²) in [6.45, 7) is 4.93. The van der Waals surface area contributed by atoms with Crippen LogP contribution in [0.2, 0.25) is 0 Å². The summed E-state index contributed by atoms with van der Waals surface area (Å²) in [5.74, 6) is -0.0282. The second kappa shape index (κ2) is 54.2. The molecule has 0 aliphatic rings. The Bertz CT molecular complexity index is 955. The van der Waals surface area contributed by atoms with Crippen molar-refractivity contribution >= 4 is 11.9 Å². The van der Waals surface area contributed by atoms with Gasteiger partial charge in [-0.25, -0.2) is 0 Å². The summed E-state index contributed by atoms with van der Waals surface area (Å²) in [6, 6.07) is -0.537. The van der Waals surface area contributed by atoms with E-state index in [0.717, 1.165) is 44.9 Å². The van der Waals surface area contributed by atoms with Gasteiger partial charge in [-0.05, 0) is 51.4 Å². The van der Waals surface area contributed by atoms with Crippen LogP contribution in [0.1, 0.15) is 322 Å². The molecule has 380 valence electrons. The summed E-state index contributed by atoms with van der Waals surface area (Å²) in [4.78, 5) is 24.4. The fourth-order valence-electron chi connectivity index (χ4n) is 9.11. The lowest BCUT2D eigenvalue weighted by atomic mass is 10.0. The molecule has 0 saturated heterocycles. The molecule has 0 aromatic carbocycles. The maximum Gasteiger partial charge on any atom is 0.305 e. The van der Waals surface area contributed by atoms with Gasteiger partial charge < -0.3 is 20.3 Å². The van der Waals surface area contributed by atoms with Gasteiger partial charge in [0.2, 0.25) is 5.91 Å². The standard InChI is InChI=1S/C58H113NO5/c1-3-5-7-9-11-13-14-15-29-32-36-40-44-48-52-58(63)64-53-49-45-41-37-33-30-27-25-23-21-19-17-16-18-20-22-24-26-28-31-35-39-43-47-51-57(62)59-55(54-60)56(61)50-46-42-38-34-12-10-8-6-4-2/h14-15,55-56,60-61H,3-13,16-54H2,1-2H3,(H,59,62)/b15-14-. The maximum atomic E-state index is 12.4. The monoisotopic (exact) mass is 904 g/mol. The van der Waals surface area contributed by atoms with E-state index in [9.17, 15) is 19.8 Å². The van der Waals surface area contributed by atoms with Crippen LogP contribution in [0, 0.1) is 0 Å². The lowest BCUT2D eigenvalue weighted by Gasteiger charge is -2.22. The largest absolute Gasteiger partial charge is 0.466 e. The number of aliphatic hydroxyl groups is 2. The number of hydrogen-bond acceptors (Lipinski definition) is 5. The van der Waals surface area contributed by atoms with Crippen molar-refractivity contribution in [1.82, 2.24) is 5.32 Å². The summed E-state index contributed by atoms with van der Waals surface area (Å²) >= 11 is 0. The Morgan fingerprint density at radius 2 is 0.734 bits per heavy atom. The first-order valence-corrected chi connectivity index (χ1v) is 28.9. The SMILES string of the molecule is CCCCCCC/C=C\CCCCCCCC(=O)OCCCCCCCCCCCCCCCCCCCCCCCCCCC(=O)NC(CO)C(O)CCCCCCCCCCC. The molecular formula is C58H113NO5. The van der Waals surface area contributed by atoms with Gasteiger partial charge in [-0.2, -0.15) is 0 Å². The third kappa shape index (κ3) is 50.0. The number of unbranched alkanes of at least 4 members (excludes halogenated alkanes) is 41. The number of carbonyl (C=O) groups excluding carboxylic acids is 2. The Hall–Kier alpha value is -1.40. The first-order chi connectivity index (χ1) is 31.5. The molecule has 0 radical (unpaired) electrons. The Kier molecular flexibility index (Phi) is 53.0. The third-order valence-corrected chi connectivity index (χ3v) is 13.6. The van der Waals surface area contributed by atoms with E-state index in [1.807, 2.05) is 0 Å². The smallest absolute Gasteiger partial charge is 0.305 e. The Morgan fingerprint density at radius 3 is 1.11 bits per heavy atom. The van der Waals surface area contributed by atoms with Crippen molar-refractivity contribution in [3.05, 3.63) is 12.2 Å². The fraction of sp³-hybridized carbons (Fsp3) is 0.931. The number of rotatable bonds is 54. The van der Waals surface area contributed by atoms with E-state index >= 15 is 0 Å². The van der Waals surface area contributed by atoms with E-state index < -0.39 is 12.1 Å². The summed E-state index contributed by atoms with van der Waals surface area (Å²) in [5, 5.41) is 23.1. The van der Waals surface area contributed by atoms with Crippen LogP contribution in [0.25, 0.3) is 0 Å². The molecule has 0 fully saturated rings. The van der Waals surface area contributed by atoms with Crippen molar-refractivity contribution in [2.75, 3.05) is 13.2 Å². The quantitative estimate of drug-likeness (QED) is 0.0321. The van der Waals surface area contributed by atoms with E-state index in [2.05, 4.69) is 31.3 Å². The third-order valence-electron chi connectivity index (χ3n) is 13.6. The first-order valence-electron chi connectivity index (χ1n) is 28.9. The molecule has 0 saturated carbocycles. The highest BCUT2D eigenvalue weighted by molar-refractivity contribution is 5.76. The van der Waals surface area contributed by atoms with Crippen LogP contribution in [-0.2, 0) is 14.3 Å². The van der Waals surface area contributed by atoms with Crippen LogP contribution >= 0.6 is 0 Å². The number of allylic oxidation sites excluding steroid dienone is 2. The molecule has 2 unspecified atom stereocenters. The molecule has 0 spiro atoms. The first kappa shape index (κ1) is 62.6. The minimum absolute atomic E-state index is 0.00709. The average molecular weight is 905 g/mol. The molecule has 0 aromatic heterocycles. The van der Waals surface area contributed by atoms with Crippen molar-refractivity contribution in [3.8, 4) is 0 Å². The van der Waals surface area contributed by atoms with Crippen molar-refractivity contribution in [3.63, 3.8) is 0 Å². The van der Waals surface area contributed by atoms with Crippen LogP contribution in [0.3, 0.4) is 0 Å². The Morgan fingerprint density at radius 1 is 0.422 bits per heavy atom. The molecule has 0 aromatic rings. The van der Waals surface area contributed by atoms with Gasteiger partial charge in [-0.15, -0.1) is 0 Å². The number of nitrogens with one attached hydrogen (secondary N) is 1. The molecule has 0 heterocycles. The van der Waals surface area contributed by atoms with Gasteiger partial charge in [0.05, 0.1) is 25.4 Å². The van der Waals surface area contributed by atoms with Crippen molar-refractivity contribution in [2.24, 2.45) is 0 Å². The lowest BCUT2D eigenvalue weighted by molar-refractivity contribution is -0.143. The normalized spacial score (nSPS) is 12.6. The predicted molar refractivity (Wildman–Crippen MR) is 278 cm³/mol. The van der Waals surface area contributed by atoms with Gasteiger partial charge in [0.25, 0.3) is 0 Å². The number of aliphatic hydroxyl groups excluding tert-OH is 2. The van der Waals surface area contributed by atoms with Crippen LogP contribution in [0.5, 0.6) is 0 Å². The average Bonchev–Trinajstić information content (AvgIpc) is 3.29. The Labute approximate surface area is 399 Å². The van der Waals surface area contributed by atoms with Crippen LogP contribution in [-0.4, -0.2) is 47.4 Å². The van der Waals surface area contributed by atoms with Crippen molar-refractivity contribution < 1.29 is 24.5 Å². The second-order valence-corrected chi connectivity index (χ2v) is 20.0. The predicted octanol–water partition coefficient (Wildman–Crippen LogP) is 17.7. The zero-order chi connectivity index (χ0) is 46.5. The maximum absolute atomic E-state index is 12.4. The molecular weight excluding hydrogens is 791 g/mol. The molecule has 64 heavy (non-hydrogen) atoms. The molecule has 0 bridgehead atoms. The van der Waals surface area contributed by atoms with E-state index in [0.29, 0.717) is 25.9 Å². The molecule has 0 aliphatic heterocycles. The number of esters is 1. The van der Waals surface area contributed by atoms with Crippen molar-refractivity contribution in [1.29, 1.82) is 0 Å². The summed E-state index contributed by atoms with van der Waals surface area (Å²) in [6.07, 6.45) is 63.6. The van der Waals surface area contributed by atoms with E-state index in [1.165, 1.54) is 244 Å². The Balaban J connectivity index is 3.33. The van der Waals surface area contributed by atoms with E-state index in [1.54, 1.807) is 0 Å². The van der Waals surface area contributed by atoms with Gasteiger partial charge in [0.1, 0.15) is 0 Å². The number of hydrogen-bond donors (Lipinski definition) is 3. The summed E-state index contributed by atoms with van der Waals surface area (Å²) in [7, 11) is 0.